The topological polar surface area (TPSA) is 103 Å². The molecule has 2 heterocycles. The van der Waals surface area contributed by atoms with Crippen molar-refractivity contribution in [3.05, 3.63) is 28.2 Å². The van der Waals surface area contributed by atoms with E-state index in [9.17, 15) is 18.0 Å². The molecule has 1 aliphatic heterocycles. The maximum Gasteiger partial charge on any atom is 0.352 e. The number of nitrogens with zero attached hydrogens (tertiary/aromatic N) is 1. The number of aromatic nitrogens is 1. The lowest BCUT2D eigenvalue weighted by Gasteiger charge is -2.17. The van der Waals surface area contributed by atoms with Crippen LogP contribution in [0, 0.1) is 0 Å². The molecule has 1 aromatic heterocycles. The third-order valence-electron chi connectivity index (χ3n) is 3.09. The number of aromatic carboxylic acids is 1. The first kappa shape index (κ1) is 13.6. The molecule has 0 radical (unpaired) electrons. The van der Waals surface area contributed by atoms with Crippen molar-refractivity contribution in [2.45, 2.75) is 12.5 Å². The van der Waals surface area contributed by atoms with Gasteiger partial charge in [0.2, 0.25) is 5.43 Å². The van der Waals surface area contributed by atoms with Gasteiger partial charge in [-0.2, -0.15) is 0 Å². The van der Waals surface area contributed by atoms with E-state index in [0.717, 1.165) is 6.07 Å². The van der Waals surface area contributed by atoms with E-state index in [1.54, 1.807) is 0 Å². The summed E-state index contributed by atoms with van der Waals surface area (Å²) in [4.78, 5) is 22.7. The van der Waals surface area contributed by atoms with E-state index in [4.69, 9.17) is 9.84 Å². The summed E-state index contributed by atoms with van der Waals surface area (Å²) in [6.45, 7) is 0. The number of ether oxygens (including phenoxy) is 1. The molecule has 0 spiro atoms. The Balaban J connectivity index is 2.55. The molecule has 1 aliphatic rings. The van der Waals surface area contributed by atoms with E-state index < -0.39 is 27.3 Å². The van der Waals surface area contributed by atoms with Crippen molar-refractivity contribution >= 4 is 15.8 Å². The van der Waals surface area contributed by atoms with Gasteiger partial charge in [0.05, 0.1) is 24.8 Å². The molecule has 1 saturated heterocycles. The number of carboxylic acid groups (broad SMARTS) is 1. The monoisotopic (exact) mass is 287 g/mol. The highest BCUT2D eigenvalue weighted by Crippen LogP contribution is 2.25. The molecule has 19 heavy (non-hydrogen) atoms. The minimum atomic E-state index is -3.15. The molecule has 8 heteroatoms. The van der Waals surface area contributed by atoms with Gasteiger partial charge in [-0.3, -0.25) is 4.79 Å². The summed E-state index contributed by atoms with van der Waals surface area (Å²) >= 11 is 0. The molecule has 1 N–H and O–H groups in total. The number of rotatable bonds is 3. The normalized spacial score (nSPS) is 21.2. The van der Waals surface area contributed by atoms with Crippen molar-refractivity contribution in [1.82, 2.24) is 4.57 Å². The molecule has 7 nitrogen and oxygen atoms in total. The molecule has 0 bridgehead atoms. The van der Waals surface area contributed by atoms with Gasteiger partial charge in [0, 0.05) is 12.1 Å². The summed E-state index contributed by atoms with van der Waals surface area (Å²) in [6.07, 6.45) is 1.59. The Hall–Kier alpha value is -1.83. The standard InChI is InChI=1S/C11H13NO6S/c1-18-10-5-12(7-2-3-19(16,17)6-7)8(11(14)15)4-9(10)13/h4-5,7H,2-3,6H2,1H3,(H,14,15). The van der Waals surface area contributed by atoms with Crippen LogP contribution in [0.25, 0.3) is 0 Å². The second-order valence-corrected chi connectivity index (χ2v) is 6.59. The molecular weight excluding hydrogens is 274 g/mol. The van der Waals surface area contributed by atoms with Gasteiger partial charge in [-0.25, -0.2) is 13.2 Å². The first-order valence-corrected chi connectivity index (χ1v) is 7.40. The zero-order chi connectivity index (χ0) is 14.2. The van der Waals surface area contributed by atoms with Crippen molar-refractivity contribution in [2.24, 2.45) is 0 Å². The summed E-state index contributed by atoms with van der Waals surface area (Å²) in [6, 6.07) is 0.470. The Kier molecular flexibility index (Phi) is 3.36. The number of hydrogen-bond acceptors (Lipinski definition) is 5. The van der Waals surface area contributed by atoms with Crippen molar-refractivity contribution in [2.75, 3.05) is 18.6 Å². The smallest absolute Gasteiger partial charge is 0.352 e. The first-order chi connectivity index (χ1) is 8.84. The highest BCUT2D eigenvalue weighted by Gasteiger charge is 2.31. The van der Waals surface area contributed by atoms with Crippen molar-refractivity contribution < 1.29 is 23.1 Å². The van der Waals surface area contributed by atoms with Crippen LogP contribution in [0.15, 0.2) is 17.1 Å². The molecule has 1 unspecified atom stereocenters. The first-order valence-electron chi connectivity index (χ1n) is 5.58. The zero-order valence-electron chi connectivity index (χ0n) is 10.2. The van der Waals surface area contributed by atoms with E-state index in [2.05, 4.69) is 0 Å². The molecule has 104 valence electrons. The largest absolute Gasteiger partial charge is 0.491 e. The van der Waals surface area contributed by atoms with Crippen molar-refractivity contribution in [1.29, 1.82) is 0 Å². The van der Waals surface area contributed by atoms with E-state index >= 15 is 0 Å². The summed E-state index contributed by atoms with van der Waals surface area (Å²) < 4.78 is 29.1. The van der Waals surface area contributed by atoms with Gasteiger partial charge in [-0.1, -0.05) is 0 Å². The van der Waals surface area contributed by atoms with Gasteiger partial charge in [0.25, 0.3) is 0 Å². The number of carbonyl (C=O) groups is 1. The number of methoxy groups -OCH3 is 1. The summed E-state index contributed by atoms with van der Waals surface area (Å²) in [5.41, 5.74) is -0.773. The molecular formula is C11H13NO6S. The third-order valence-corrected chi connectivity index (χ3v) is 4.84. The Labute approximate surface area is 109 Å². The second-order valence-electron chi connectivity index (χ2n) is 4.36. The number of sulfone groups is 1. The van der Waals surface area contributed by atoms with Gasteiger partial charge in [0.1, 0.15) is 5.69 Å². The fourth-order valence-electron chi connectivity index (χ4n) is 2.15. The Morgan fingerprint density at radius 3 is 2.68 bits per heavy atom. The Bertz CT molecular complexity index is 675. The minimum absolute atomic E-state index is 0.00528. The van der Waals surface area contributed by atoms with Gasteiger partial charge < -0.3 is 14.4 Å². The SMILES string of the molecule is COc1cn(C2CCS(=O)(=O)C2)c(C(=O)O)cc1=O. The summed E-state index contributed by atoms with van der Waals surface area (Å²) in [5, 5.41) is 9.09. The highest BCUT2D eigenvalue weighted by atomic mass is 32.2. The van der Waals surface area contributed by atoms with Crippen LogP contribution in [-0.4, -0.2) is 42.7 Å². The van der Waals surface area contributed by atoms with Gasteiger partial charge in [-0.15, -0.1) is 0 Å². The van der Waals surface area contributed by atoms with Crippen molar-refractivity contribution in [3.63, 3.8) is 0 Å². The predicted molar refractivity (Wildman–Crippen MR) is 66.5 cm³/mol. The average molecular weight is 287 g/mol. The fraction of sp³-hybridized carbons (Fsp3) is 0.455. The van der Waals surface area contributed by atoms with E-state index in [0.29, 0.717) is 6.42 Å². The predicted octanol–water partition coefficient (Wildman–Crippen LogP) is -0.0853. The van der Waals surface area contributed by atoms with Gasteiger partial charge in [0.15, 0.2) is 15.6 Å². The van der Waals surface area contributed by atoms with Crippen LogP contribution < -0.4 is 10.2 Å². The molecule has 1 fully saturated rings. The molecule has 2 rings (SSSR count). The quantitative estimate of drug-likeness (QED) is 0.833. The van der Waals surface area contributed by atoms with Gasteiger partial charge in [-0.05, 0) is 6.42 Å². The Morgan fingerprint density at radius 2 is 2.21 bits per heavy atom. The van der Waals surface area contributed by atoms with Crippen LogP contribution in [0.1, 0.15) is 23.0 Å². The number of carboxylic acids is 1. The lowest BCUT2D eigenvalue weighted by molar-refractivity contribution is 0.0681. The van der Waals surface area contributed by atoms with Crippen LogP contribution >= 0.6 is 0 Å². The Morgan fingerprint density at radius 1 is 1.53 bits per heavy atom. The lowest BCUT2D eigenvalue weighted by atomic mass is 10.2. The number of hydrogen-bond donors (Lipinski definition) is 1. The minimum Gasteiger partial charge on any atom is -0.491 e. The molecule has 1 aromatic rings. The summed E-state index contributed by atoms with van der Waals surface area (Å²) in [5.74, 6) is -1.39. The molecule has 0 aliphatic carbocycles. The maximum atomic E-state index is 11.6. The highest BCUT2D eigenvalue weighted by molar-refractivity contribution is 7.91. The second kappa shape index (κ2) is 4.69. The molecule has 0 aromatic carbocycles. The van der Waals surface area contributed by atoms with Crippen molar-refractivity contribution in [3.8, 4) is 5.75 Å². The van der Waals surface area contributed by atoms with Crippen LogP contribution in [0.3, 0.4) is 0 Å². The lowest BCUT2D eigenvalue weighted by Crippen LogP contribution is -2.22. The number of pyridine rings is 1. The average Bonchev–Trinajstić information content (AvgIpc) is 2.69. The summed E-state index contributed by atoms with van der Waals surface area (Å²) in [7, 11) is -1.85. The van der Waals surface area contributed by atoms with Crippen LogP contribution in [-0.2, 0) is 9.84 Å². The van der Waals surface area contributed by atoms with Crippen LogP contribution in [0.4, 0.5) is 0 Å². The molecule has 0 amide bonds. The van der Waals surface area contributed by atoms with Crippen LogP contribution in [0.5, 0.6) is 5.75 Å². The van der Waals surface area contributed by atoms with Gasteiger partial charge >= 0.3 is 5.97 Å². The van der Waals surface area contributed by atoms with E-state index in [1.807, 2.05) is 0 Å². The molecule has 0 saturated carbocycles. The van der Waals surface area contributed by atoms with Crippen LogP contribution in [0.2, 0.25) is 0 Å². The van der Waals surface area contributed by atoms with E-state index in [1.165, 1.54) is 17.9 Å². The van der Waals surface area contributed by atoms with E-state index in [-0.39, 0.29) is 22.9 Å². The maximum absolute atomic E-state index is 11.6. The molecule has 1 atom stereocenters. The zero-order valence-corrected chi connectivity index (χ0v) is 11.0. The fourth-order valence-corrected chi connectivity index (χ4v) is 3.86. The third kappa shape index (κ3) is 2.62.